The third-order valence-corrected chi connectivity index (χ3v) is 7.38. The summed E-state index contributed by atoms with van der Waals surface area (Å²) in [6.45, 7) is 2.93. The quantitative estimate of drug-likeness (QED) is 0.537. The van der Waals surface area contributed by atoms with E-state index in [0.29, 0.717) is 16.9 Å². The average molecular weight is 495 g/mol. The summed E-state index contributed by atoms with van der Waals surface area (Å²) >= 11 is 1.39. The summed E-state index contributed by atoms with van der Waals surface area (Å²) in [4.78, 5) is 24.1. The minimum absolute atomic E-state index is 0.00676. The molecule has 1 N–H and O–H groups in total. The maximum absolute atomic E-state index is 13.0. The maximum Gasteiger partial charge on any atom is 0.278 e. The van der Waals surface area contributed by atoms with E-state index in [9.17, 15) is 13.6 Å². The summed E-state index contributed by atoms with van der Waals surface area (Å²) in [7, 11) is 0. The second-order valence-corrected chi connectivity index (χ2v) is 10.3. The van der Waals surface area contributed by atoms with Gasteiger partial charge in [0.15, 0.2) is 13.2 Å². The Morgan fingerprint density at radius 3 is 2.85 bits per heavy atom. The first-order chi connectivity index (χ1) is 16.3. The molecule has 1 aliphatic carbocycles. The smallest absolute Gasteiger partial charge is 0.278 e. The number of carbonyl (C=O) groups is 1. The van der Waals surface area contributed by atoms with Crippen LogP contribution >= 0.6 is 11.3 Å². The van der Waals surface area contributed by atoms with E-state index in [0.717, 1.165) is 75.7 Å². The number of amides is 1. The lowest BCUT2D eigenvalue weighted by Gasteiger charge is -2.32. The van der Waals surface area contributed by atoms with E-state index in [2.05, 4.69) is 20.2 Å². The molecule has 0 atom stereocenters. The molecule has 7 nitrogen and oxygen atoms in total. The van der Waals surface area contributed by atoms with Crippen molar-refractivity contribution >= 4 is 17.2 Å². The zero-order valence-corrected chi connectivity index (χ0v) is 20.3. The average Bonchev–Trinajstić information content (AvgIpc) is 3.24. The first-order valence-corrected chi connectivity index (χ1v) is 12.7. The second-order valence-electron chi connectivity index (χ2n) is 9.29. The van der Waals surface area contributed by atoms with E-state index >= 15 is 0 Å². The molecule has 3 heterocycles. The molecule has 2 aromatic heterocycles. The summed E-state index contributed by atoms with van der Waals surface area (Å²) in [5.41, 5.74) is 0.964. The van der Waals surface area contributed by atoms with E-state index < -0.39 is 12.5 Å². The molecule has 0 unspecified atom stereocenters. The molecule has 186 valence electrons. The van der Waals surface area contributed by atoms with Gasteiger partial charge in [0.25, 0.3) is 17.0 Å². The van der Waals surface area contributed by atoms with Crippen LogP contribution in [0.4, 0.5) is 8.78 Å². The minimum atomic E-state index is -2.85. The van der Waals surface area contributed by atoms with Crippen molar-refractivity contribution in [3.05, 3.63) is 35.1 Å². The molecule has 0 aromatic carbocycles. The van der Waals surface area contributed by atoms with Crippen LogP contribution in [0, 0.1) is 5.92 Å². The fourth-order valence-corrected chi connectivity index (χ4v) is 5.39. The van der Waals surface area contributed by atoms with Crippen LogP contribution in [0.5, 0.6) is 10.9 Å². The fourth-order valence-electron chi connectivity index (χ4n) is 4.48. The molecule has 1 amide bonds. The number of carbonyl (C=O) groups excluding carboxylic acids is 1. The van der Waals surface area contributed by atoms with Crippen LogP contribution in [0.15, 0.2) is 24.5 Å². The van der Waals surface area contributed by atoms with E-state index in [1.807, 2.05) is 0 Å². The highest BCUT2D eigenvalue weighted by atomic mass is 32.1. The molecule has 0 bridgehead atoms. The van der Waals surface area contributed by atoms with Crippen molar-refractivity contribution in [1.29, 1.82) is 0 Å². The molecule has 1 aliphatic heterocycles. The van der Waals surface area contributed by atoms with Gasteiger partial charge in [0, 0.05) is 37.1 Å². The van der Waals surface area contributed by atoms with Crippen LogP contribution < -0.4 is 14.8 Å². The van der Waals surface area contributed by atoms with E-state index in [4.69, 9.17) is 9.47 Å². The van der Waals surface area contributed by atoms with Gasteiger partial charge in [0.1, 0.15) is 5.75 Å². The normalized spacial score (nSPS) is 21.0. The van der Waals surface area contributed by atoms with Gasteiger partial charge in [-0.2, -0.15) is 0 Å². The predicted molar refractivity (Wildman–Crippen MR) is 125 cm³/mol. The number of nitrogens with one attached hydrogen (secondary N) is 1. The van der Waals surface area contributed by atoms with Crippen LogP contribution in [0.3, 0.4) is 0 Å². The molecule has 4 rings (SSSR count). The summed E-state index contributed by atoms with van der Waals surface area (Å²) in [6.07, 6.45) is 9.45. The van der Waals surface area contributed by atoms with Gasteiger partial charge in [0.2, 0.25) is 0 Å². The third-order valence-electron chi connectivity index (χ3n) is 6.31. The van der Waals surface area contributed by atoms with E-state index in [1.54, 1.807) is 24.5 Å². The lowest BCUT2D eigenvalue weighted by Crippen LogP contribution is -2.40. The van der Waals surface area contributed by atoms with Crippen molar-refractivity contribution in [3.8, 4) is 10.9 Å². The molecule has 1 saturated carbocycles. The molecule has 1 fully saturated rings. The Morgan fingerprint density at radius 2 is 2.12 bits per heavy atom. The SMILES string of the molecule is CC(F)(F)COc1nc2c(s1)CCN(CCC1CCC(NC(=O)COc3cccnc3)CC1)C2. The molecule has 2 aliphatic rings. The highest BCUT2D eigenvalue weighted by molar-refractivity contribution is 7.13. The molecule has 0 spiro atoms. The van der Waals surface area contributed by atoms with Crippen LogP contribution in [0.2, 0.25) is 0 Å². The van der Waals surface area contributed by atoms with Gasteiger partial charge in [-0.1, -0.05) is 11.3 Å². The Bertz CT molecular complexity index is 930. The van der Waals surface area contributed by atoms with Crippen LogP contribution in [-0.4, -0.2) is 59.0 Å². The maximum atomic E-state index is 13.0. The van der Waals surface area contributed by atoms with Gasteiger partial charge in [-0.25, -0.2) is 13.8 Å². The predicted octanol–water partition coefficient (Wildman–Crippen LogP) is 4.07. The molecule has 0 radical (unpaired) electrons. The van der Waals surface area contributed by atoms with Crippen molar-refractivity contribution in [2.75, 3.05) is 26.3 Å². The second kappa shape index (κ2) is 11.4. The van der Waals surface area contributed by atoms with Crippen LogP contribution in [0.1, 0.15) is 49.6 Å². The first-order valence-electron chi connectivity index (χ1n) is 11.9. The number of alkyl halides is 2. The number of halogens is 2. The van der Waals surface area contributed by atoms with Crippen molar-refractivity contribution < 1.29 is 23.0 Å². The number of rotatable bonds is 10. The molecular weight excluding hydrogens is 462 g/mol. The highest BCUT2D eigenvalue weighted by Gasteiger charge is 2.27. The van der Waals surface area contributed by atoms with Gasteiger partial charge in [-0.05, 0) is 63.1 Å². The fraction of sp³-hybridized carbons (Fsp3) is 0.625. The number of fused-ring (bicyclic) bond motifs is 1. The van der Waals surface area contributed by atoms with Crippen molar-refractivity contribution in [2.24, 2.45) is 5.92 Å². The lowest BCUT2D eigenvalue weighted by molar-refractivity contribution is -0.124. The van der Waals surface area contributed by atoms with Crippen molar-refractivity contribution in [2.45, 2.75) is 64.0 Å². The Balaban J connectivity index is 1.13. The Hall–Kier alpha value is -2.33. The molecule has 0 saturated heterocycles. The topological polar surface area (TPSA) is 76.6 Å². The summed E-state index contributed by atoms with van der Waals surface area (Å²) < 4.78 is 36.7. The third kappa shape index (κ3) is 7.59. The zero-order chi connectivity index (χ0) is 24.0. The summed E-state index contributed by atoms with van der Waals surface area (Å²) in [5, 5.41) is 3.43. The van der Waals surface area contributed by atoms with Gasteiger partial charge >= 0.3 is 0 Å². The Labute approximate surface area is 202 Å². The molecule has 10 heteroatoms. The standard InChI is InChI=1S/C24H32F2N4O3S/c1-24(25,26)16-33-23-29-20-14-30(12-9-21(20)34-23)11-8-17-4-6-18(7-5-17)28-22(31)15-32-19-3-2-10-27-13-19/h2-3,10,13,17-18H,4-9,11-12,14-16H2,1H3,(H,28,31). The van der Waals surface area contributed by atoms with E-state index in [1.165, 1.54) is 11.3 Å². The number of hydrogen-bond acceptors (Lipinski definition) is 7. The van der Waals surface area contributed by atoms with Crippen molar-refractivity contribution in [1.82, 2.24) is 20.2 Å². The number of hydrogen-bond donors (Lipinski definition) is 1. The van der Waals surface area contributed by atoms with E-state index in [-0.39, 0.29) is 18.6 Å². The molecule has 34 heavy (non-hydrogen) atoms. The van der Waals surface area contributed by atoms with Gasteiger partial charge in [0.05, 0.1) is 11.9 Å². The van der Waals surface area contributed by atoms with Crippen LogP contribution in [0.25, 0.3) is 0 Å². The zero-order valence-electron chi connectivity index (χ0n) is 19.5. The van der Waals surface area contributed by atoms with Gasteiger partial charge in [-0.3, -0.25) is 14.7 Å². The highest BCUT2D eigenvalue weighted by Crippen LogP contribution is 2.32. The van der Waals surface area contributed by atoms with Gasteiger partial charge < -0.3 is 14.8 Å². The number of aromatic nitrogens is 2. The number of thiazole rings is 1. The lowest BCUT2D eigenvalue weighted by atomic mass is 9.84. The number of nitrogens with zero attached hydrogens (tertiary/aromatic N) is 3. The first kappa shape index (κ1) is 24.8. The van der Waals surface area contributed by atoms with Crippen LogP contribution in [-0.2, 0) is 17.8 Å². The number of pyridine rings is 1. The summed E-state index contributed by atoms with van der Waals surface area (Å²) in [6, 6.07) is 3.77. The molecule has 2 aromatic rings. The van der Waals surface area contributed by atoms with Crippen molar-refractivity contribution in [3.63, 3.8) is 0 Å². The largest absolute Gasteiger partial charge is 0.482 e. The Kier molecular flexibility index (Phi) is 8.31. The Morgan fingerprint density at radius 1 is 1.29 bits per heavy atom. The minimum Gasteiger partial charge on any atom is -0.482 e. The molecular formula is C24H32F2N4O3S. The number of ether oxygens (including phenoxy) is 2. The summed E-state index contributed by atoms with van der Waals surface area (Å²) in [5.74, 6) is -1.70. The monoisotopic (exact) mass is 494 g/mol. The van der Waals surface area contributed by atoms with Gasteiger partial charge in [-0.15, -0.1) is 0 Å².